The number of piperidine rings is 2. The van der Waals surface area contributed by atoms with E-state index in [4.69, 9.17) is 0 Å². The van der Waals surface area contributed by atoms with Crippen molar-refractivity contribution in [2.45, 2.75) is 128 Å². The number of likely N-dealkylation sites (N-methyl/N-ethyl adjacent to an activating group) is 3. The third kappa shape index (κ3) is 12.3. The van der Waals surface area contributed by atoms with Crippen molar-refractivity contribution in [3.05, 3.63) is 47.5 Å². The van der Waals surface area contributed by atoms with E-state index in [1.54, 1.807) is 30.1 Å². The molecule has 8 rings (SSSR count). The standard InChI is InChI=1S/C13H15FN2O2.C11H21N.C8H16N2.C6H8N2O.C3H6O/c1-15-12(7-17)13(4-5-13)9-2-3-11(16-8-18)10(14)6-9;1-9(12-2)10-4-3-5-11(8-10)6-7-11;1-9-5-8-4-3-7(9)6-10(8)2;1-2-8-6(5-9)3-4-7-8;1-2-3-4/h2-3,6-8,12,15H,4-5H2,1H3,(H,16,18);9-10,12H,3-8H2,1-2H3;7-8H,3-6H2,1-2H3;3-5H,2H2,1H3;3H,2H2,1H3. The van der Waals surface area contributed by atoms with E-state index in [0.717, 1.165) is 73.3 Å². The number of hydrogen-bond donors (Lipinski definition) is 3. The lowest BCUT2D eigenvalue weighted by molar-refractivity contribution is -0.110. The molecule has 6 fully saturated rings. The fourth-order valence-electron chi connectivity index (χ4n) is 8.14. The maximum absolute atomic E-state index is 13.7. The van der Waals surface area contributed by atoms with Gasteiger partial charge in [0.15, 0.2) is 6.29 Å². The van der Waals surface area contributed by atoms with Crippen LogP contribution in [-0.2, 0) is 26.3 Å². The van der Waals surface area contributed by atoms with Gasteiger partial charge in [0.2, 0.25) is 6.41 Å². The number of amides is 1. The number of piperazine rings is 1. The Balaban J connectivity index is 0.000000190. The molecule has 3 N–H and O–H groups in total. The van der Waals surface area contributed by atoms with Crippen molar-refractivity contribution in [2.75, 3.05) is 46.6 Å². The molecule has 12 heteroatoms. The van der Waals surface area contributed by atoms with Gasteiger partial charge < -0.3 is 35.3 Å². The number of nitrogens with zero attached hydrogens (tertiary/aromatic N) is 4. The fourth-order valence-corrected chi connectivity index (χ4v) is 8.14. The summed E-state index contributed by atoms with van der Waals surface area (Å²) in [4.78, 5) is 45.7. The summed E-state index contributed by atoms with van der Waals surface area (Å²) in [7, 11) is 8.32. The average Bonchev–Trinajstić information content (AvgIpc) is 4.10. The van der Waals surface area contributed by atoms with Crippen LogP contribution in [0.2, 0.25) is 0 Å². The van der Waals surface area contributed by atoms with Gasteiger partial charge in [0, 0.05) is 55.8 Å². The molecule has 5 atom stereocenters. The zero-order valence-electron chi connectivity index (χ0n) is 33.3. The first-order valence-corrected chi connectivity index (χ1v) is 19.6. The summed E-state index contributed by atoms with van der Waals surface area (Å²) >= 11 is 0. The smallest absolute Gasteiger partial charge is 0.211 e. The van der Waals surface area contributed by atoms with Gasteiger partial charge >= 0.3 is 0 Å². The maximum Gasteiger partial charge on any atom is 0.211 e. The van der Waals surface area contributed by atoms with E-state index in [1.165, 1.54) is 76.6 Å². The summed E-state index contributed by atoms with van der Waals surface area (Å²) in [6.07, 6.45) is 18.8. The molecule has 1 aromatic carbocycles. The number of carbonyl (C=O) groups is 4. The minimum Gasteiger partial charge on any atom is -0.326 e. The van der Waals surface area contributed by atoms with E-state index >= 15 is 0 Å². The van der Waals surface area contributed by atoms with Gasteiger partial charge in [0.1, 0.15) is 24.1 Å². The summed E-state index contributed by atoms with van der Waals surface area (Å²) in [6.45, 7) is 9.43. The molecule has 5 unspecified atom stereocenters. The highest BCUT2D eigenvalue weighted by atomic mass is 19.1. The Kier molecular flexibility index (Phi) is 17.9. The third-order valence-corrected chi connectivity index (χ3v) is 12.1. The topological polar surface area (TPSA) is 129 Å². The fraction of sp³-hybridized carbons (Fsp3) is 0.683. The molecule has 2 aromatic rings. The first-order chi connectivity index (χ1) is 25.5. The summed E-state index contributed by atoms with van der Waals surface area (Å²) in [5, 5.41) is 12.5. The van der Waals surface area contributed by atoms with Gasteiger partial charge in [-0.3, -0.25) is 14.3 Å². The Hall–Kier alpha value is -3.32. The third-order valence-electron chi connectivity index (χ3n) is 12.1. The second-order valence-electron chi connectivity index (χ2n) is 15.5. The lowest BCUT2D eigenvalue weighted by Gasteiger charge is -2.48. The zero-order chi connectivity index (χ0) is 39.0. The van der Waals surface area contributed by atoms with Crippen molar-refractivity contribution in [1.82, 2.24) is 30.2 Å². The number of fused-ring (bicyclic) bond motifs is 3. The van der Waals surface area contributed by atoms with E-state index in [-0.39, 0.29) is 17.1 Å². The van der Waals surface area contributed by atoms with Crippen LogP contribution in [0.4, 0.5) is 10.1 Å². The van der Waals surface area contributed by atoms with Crippen LogP contribution >= 0.6 is 0 Å². The van der Waals surface area contributed by atoms with Crippen molar-refractivity contribution < 1.29 is 23.6 Å². The summed E-state index contributed by atoms with van der Waals surface area (Å²) in [5.74, 6) is 0.484. The Labute approximate surface area is 317 Å². The molecular formula is C41H66FN7O4. The predicted octanol–water partition coefficient (Wildman–Crippen LogP) is 5.48. The Morgan fingerprint density at radius 1 is 0.925 bits per heavy atom. The summed E-state index contributed by atoms with van der Waals surface area (Å²) in [6, 6.07) is 8.52. The molecule has 3 saturated heterocycles. The van der Waals surface area contributed by atoms with Crippen molar-refractivity contribution in [2.24, 2.45) is 11.3 Å². The number of nitrogens with one attached hydrogen (secondary N) is 3. The van der Waals surface area contributed by atoms with Gasteiger partial charge in [-0.15, -0.1) is 0 Å². The Bertz CT molecular complexity index is 1410. The van der Waals surface area contributed by atoms with E-state index in [0.29, 0.717) is 18.5 Å². The van der Waals surface area contributed by atoms with Crippen LogP contribution in [0.3, 0.4) is 0 Å². The van der Waals surface area contributed by atoms with Crippen molar-refractivity contribution in [1.29, 1.82) is 0 Å². The van der Waals surface area contributed by atoms with Crippen LogP contribution < -0.4 is 16.0 Å². The van der Waals surface area contributed by atoms with Crippen molar-refractivity contribution in [3.8, 4) is 0 Å². The van der Waals surface area contributed by atoms with Crippen LogP contribution in [0.1, 0.15) is 107 Å². The highest BCUT2D eigenvalue weighted by Gasteiger charge is 2.50. The number of aromatic nitrogens is 2. The van der Waals surface area contributed by atoms with Crippen LogP contribution in [0.25, 0.3) is 0 Å². The number of rotatable bonds is 11. The molecule has 3 saturated carbocycles. The molecule has 296 valence electrons. The Morgan fingerprint density at radius 2 is 1.57 bits per heavy atom. The predicted molar refractivity (Wildman–Crippen MR) is 210 cm³/mol. The van der Waals surface area contributed by atoms with Gasteiger partial charge in [0.25, 0.3) is 0 Å². The van der Waals surface area contributed by atoms with E-state index < -0.39 is 5.82 Å². The molecule has 0 radical (unpaired) electrons. The second-order valence-corrected chi connectivity index (χ2v) is 15.5. The average molecular weight is 740 g/mol. The van der Waals surface area contributed by atoms with Crippen LogP contribution in [0.5, 0.6) is 0 Å². The van der Waals surface area contributed by atoms with Gasteiger partial charge in [0.05, 0.1) is 11.7 Å². The van der Waals surface area contributed by atoms with E-state index in [1.807, 2.05) is 13.8 Å². The quantitative estimate of drug-likeness (QED) is 0.257. The molecule has 6 aliphatic rings. The minimum absolute atomic E-state index is 0.150. The van der Waals surface area contributed by atoms with Crippen LogP contribution in [0.15, 0.2) is 30.5 Å². The molecule has 1 amide bonds. The van der Waals surface area contributed by atoms with Crippen molar-refractivity contribution in [3.63, 3.8) is 0 Å². The minimum atomic E-state index is -0.480. The van der Waals surface area contributed by atoms with Crippen molar-refractivity contribution >= 4 is 31.0 Å². The first-order valence-electron chi connectivity index (χ1n) is 19.6. The molecule has 2 bridgehead atoms. The number of anilines is 1. The highest BCUT2D eigenvalue weighted by molar-refractivity contribution is 5.72. The second kappa shape index (κ2) is 21.5. The molecule has 53 heavy (non-hydrogen) atoms. The monoisotopic (exact) mass is 740 g/mol. The summed E-state index contributed by atoms with van der Waals surface area (Å²) < 4.78 is 15.4. The number of carbonyl (C=O) groups excluding carboxylic acids is 4. The summed E-state index contributed by atoms with van der Waals surface area (Å²) in [5.41, 5.74) is 2.13. The SMILES string of the molecule is CCC=O.CCn1nccc1C=O.CN1CC2CCC1CN2C.CNC(C)C1CCCC2(CC2)C1.CNC(C=O)C1(c2ccc(NC=O)c(F)c2)CC1. The van der Waals surface area contributed by atoms with Gasteiger partial charge in [-0.25, -0.2) is 4.39 Å². The number of aldehydes is 3. The number of halogens is 1. The molecule has 3 aliphatic heterocycles. The lowest BCUT2D eigenvalue weighted by Crippen LogP contribution is -2.59. The number of benzene rings is 1. The van der Waals surface area contributed by atoms with E-state index in [9.17, 15) is 23.6 Å². The highest BCUT2D eigenvalue weighted by Crippen LogP contribution is 2.58. The number of aryl methyl sites for hydroxylation is 1. The van der Waals surface area contributed by atoms with E-state index in [2.05, 4.69) is 58.9 Å². The van der Waals surface area contributed by atoms with Crippen LogP contribution in [0, 0.1) is 17.2 Å². The van der Waals surface area contributed by atoms with Gasteiger partial charge in [-0.05, 0) is 135 Å². The van der Waals surface area contributed by atoms with Gasteiger partial charge in [-0.2, -0.15) is 5.10 Å². The molecule has 1 aromatic heterocycles. The molecular weight excluding hydrogens is 673 g/mol. The molecule has 3 aliphatic carbocycles. The largest absolute Gasteiger partial charge is 0.326 e. The van der Waals surface area contributed by atoms with Crippen LogP contribution in [-0.4, -0.2) is 110 Å². The lowest BCUT2D eigenvalue weighted by atomic mass is 9.76. The normalized spacial score (nSPS) is 24.1. The molecule has 4 heterocycles. The Morgan fingerprint density at radius 3 is 1.96 bits per heavy atom. The molecule has 11 nitrogen and oxygen atoms in total. The van der Waals surface area contributed by atoms with Gasteiger partial charge in [-0.1, -0.05) is 19.4 Å². The first kappa shape index (κ1) is 44.1. The zero-order valence-corrected chi connectivity index (χ0v) is 33.3. The number of hydrogen-bond acceptors (Lipinski definition) is 9. The molecule has 1 spiro atoms. The maximum atomic E-state index is 13.7.